The summed E-state index contributed by atoms with van der Waals surface area (Å²) in [4.78, 5) is 12.2. The van der Waals surface area contributed by atoms with Crippen LogP contribution in [-0.2, 0) is 13.6 Å². The van der Waals surface area contributed by atoms with Crippen LogP contribution in [0.2, 0.25) is 5.02 Å². The first-order valence-electron chi connectivity index (χ1n) is 9.36. The number of piperidine rings is 1. The van der Waals surface area contributed by atoms with E-state index in [9.17, 15) is 0 Å². The number of fused-ring (bicyclic) bond motifs is 2. The lowest BCUT2D eigenvalue weighted by Crippen LogP contribution is -2.33. The first-order valence-corrected chi connectivity index (χ1v) is 10.6. The molecule has 2 aromatic heterocycles. The predicted octanol–water partition coefficient (Wildman–Crippen LogP) is 5.22. The molecule has 1 saturated heterocycles. The summed E-state index contributed by atoms with van der Waals surface area (Å²) in [5.41, 5.74) is 3.32. The fraction of sp³-hybridized carbons (Fsp3) is 0.333. The molecule has 4 aromatic rings. The molecule has 0 spiro atoms. The highest BCUT2D eigenvalue weighted by atomic mass is 35.5. The Labute approximate surface area is 167 Å². The quantitative estimate of drug-likeness (QED) is 0.476. The molecule has 0 atom stereocenters. The topological polar surface area (TPSA) is 34.0 Å². The predicted molar refractivity (Wildman–Crippen MR) is 113 cm³/mol. The first-order chi connectivity index (χ1) is 13.2. The number of nitrogens with zero attached hydrogens (tertiary/aromatic N) is 4. The minimum Gasteiger partial charge on any atom is -0.330 e. The Hall–Kier alpha value is -1.95. The number of likely N-dealkylation sites (tertiary alicyclic amines) is 1. The van der Waals surface area contributed by atoms with Gasteiger partial charge in [-0.25, -0.2) is 9.97 Å². The zero-order valence-electron chi connectivity index (χ0n) is 15.2. The number of hydrogen-bond donors (Lipinski definition) is 0. The molecule has 3 heterocycles. The van der Waals surface area contributed by atoms with Gasteiger partial charge >= 0.3 is 0 Å². The van der Waals surface area contributed by atoms with Crippen molar-refractivity contribution in [1.29, 1.82) is 0 Å². The van der Waals surface area contributed by atoms with Crippen LogP contribution < -0.4 is 0 Å². The van der Waals surface area contributed by atoms with Gasteiger partial charge in [0.1, 0.15) is 5.82 Å². The molecule has 1 aliphatic heterocycles. The van der Waals surface area contributed by atoms with Crippen LogP contribution in [0.25, 0.3) is 21.3 Å². The van der Waals surface area contributed by atoms with E-state index in [1.54, 1.807) is 0 Å². The van der Waals surface area contributed by atoms with Crippen LogP contribution in [0.5, 0.6) is 0 Å². The molecule has 1 aliphatic rings. The fourth-order valence-electron chi connectivity index (χ4n) is 3.97. The van der Waals surface area contributed by atoms with Gasteiger partial charge in [0.25, 0.3) is 0 Å². The number of aromatic nitrogens is 3. The largest absolute Gasteiger partial charge is 0.330 e. The summed E-state index contributed by atoms with van der Waals surface area (Å²) >= 11 is 7.92. The average molecular weight is 397 g/mol. The van der Waals surface area contributed by atoms with Crippen LogP contribution in [0.15, 0.2) is 42.5 Å². The van der Waals surface area contributed by atoms with E-state index in [0.717, 1.165) is 54.4 Å². The molecule has 4 nitrogen and oxygen atoms in total. The standard InChI is InChI=1S/C21H21ClN4S/c1-25-18-5-3-2-4-16(18)23-20(25)13-26-10-8-14(9-11-26)21-24-17-12-15(22)6-7-19(17)27-21/h2-7,12,14H,8-11,13H2,1H3. The molecule has 0 radical (unpaired) electrons. The van der Waals surface area contributed by atoms with Crippen molar-refractivity contribution in [1.82, 2.24) is 19.4 Å². The molecular weight excluding hydrogens is 376 g/mol. The van der Waals surface area contributed by atoms with Crippen molar-refractivity contribution in [3.63, 3.8) is 0 Å². The van der Waals surface area contributed by atoms with Crippen LogP contribution in [-0.4, -0.2) is 32.5 Å². The van der Waals surface area contributed by atoms with E-state index in [1.165, 1.54) is 15.2 Å². The van der Waals surface area contributed by atoms with Gasteiger partial charge in [0.15, 0.2) is 0 Å². The molecule has 2 aromatic carbocycles. The minimum atomic E-state index is 0.554. The Balaban J connectivity index is 1.28. The van der Waals surface area contributed by atoms with Gasteiger partial charge in [-0.3, -0.25) is 4.90 Å². The van der Waals surface area contributed by atoms with E-state index in [-0.39, 0.29) is 0 Å². The van der Waals surface area contributed by atoms with E-state index in [0.29, 0.717) is 5.92 Å². The third-order valence-electron chi connectivity index (χ3n) is 5.55. The monoisotopic (exact) mass is 396 g/mol. The molecule has 0 N–H and O–H groups in total. The smallest absolute Gasteiger partial charge is 0.123 e. The van der Waals surface area contributed by atoms with Crippen LogP contribution in [0.3, 0.4) is 0 Å². The van der Waals surface area contributed by atoms with Crippen molar-refractivity contribution in [3.05, 3.63) is 58.3 Å². The van der Waals surface area contributed by atoms with Crippen molar-refractivity contribution >= 4 is 44.2 Å². The lowest BCUT2D eigenvalue weighted by Gasteiger charge is -2.30. The summed E-state index contributed by atoms with van der Waals surface area (Å²) < 4.78 is 3.45. The molecule has 0 unspecified atom stereocenters. The number of hydrogen-bond acceptors (Lipinski definition) is 4. The number of aryl methyl sites for hydroxylation is 1. The number of imidazole rings is 1. The second-order valence-electron chi connectivity index (χ2n) is 7.29. The molecule has 0 amide bonds. The Bertz CT molecular complexity index is 1110. The number of para-hydroxylation sites is 2. The lowest BCUT2D eigenvalue weighted by atomic mass is 9.97. The highest BCUT2D eigenvalue weighted by molar-refractivity contribution is 7.18. The highest BCUT2D eigenvalue weighted by Crippen LogP contribution is 2.35. The van der Waals surface area contributed by atoms with Crippen LogP contribution in [0, 0.1) is 0 Å². The molecule has 6 heteroatoms. The maximum Gasteiger partial charge on any atom is 0.123 e. The van der Waals surface area contributed by atoms with Gasteiger partial charge in [0, 0.05) is 18.0 Å². The lowest BCUT2D eigenvalue weighted by molar-refractivity contribution is 0.199. The number of halogens is 1. The summed E-state index contributed by atoms with van der Waals surface area (Å²) in [7, 11) is 2.11. The molecule has 0 saturated carbocycles. The van der Waals surface area contributed by atoms with Gasteiger partial charge in [0.2, 0.25) is 0 Å². The van der Waals surface area contributed by atoms with Crippen molar-refractivity contribution in [3.8, 4) is 0 Å². The van der Waals surface area contributed by atoms with E-state index in [4.69, 9.17) is 21.6 Å². The van der Waals surface area contributed by atoms with Crippen molar-refractivity contribution in [2.45, 2.75) is 25.3 Å². The summed E-state index contributed by atoms with van der Waals surface area (Å²) in [5, 5.41) is 2.02. The minimum absolute atomic E-state index is 0.554. The van der Waals surface area contributed by atoms with Crippen LogP contribution >= 0.6 is 22.9 Å². The normalized spacial score (nSPS) is 16.5. The van der Waals surface area contributed by atoms with E-state index < -0.39 is 0 Å². The zero-order valence-corrected chi connectivity index (χ0v) is 16.8. The highest BCUT2D eigenvalue weighted by Gasteiger charge is 2.24. The Morgan fingerprint density at radius 3 is 2.70 bits per heavy atom. The van der Waals surface area contributed by atoms with Gasteiger partial charge < -0.3 is 4.57 Å². The van der Waals surface area contributed by atoms with E-state index in [1.807, 2.05) is 23.5 Å². The second-order valence-corrected chi connectivity index (χ2v) is 8.79. The number of thiazole rings is 1. The van der Waals surface area contributed by atoms with Gasteiger partial charge in [-0.05, 0) is 56.3 Å². The Morgan fingerprint density at radius 1 is 1.07 bits per heavy atom. The van der Waals surface area contributed by atoms with Crippen LogP contribution in [0.1, 0.15) is 29.6 Å². The van der Waals surface area contributed by atoms with Gasteiger partial charge in [-0.2, -0.15) is 0 Å². The molecular formula is C21H21ClN4S. The summed E-state index contributed by atoms with van der Waals surface area (Å²) in [6.07, 6.45) is 2.30. The average Bonchev–Trinajstić information content (AvgIpc) is 3.24. The number of rotatable bonds is 3. The Morgan fingerprint density at radius 2 is 1.89 bits per heavy atom. The molecule has 0 aliphatic carbocycles. The zero-order chi connectivity index (χ0) is 18.4. The summed E-state index contributed by atoms with van der Waals surface area (Å²) in [6.45, 7) is 3.09. The Kier molecular flexibility index (Phi) is 4.38. The molecule has 138 valence electrons. The van der Waals surface area contributed by atoms with Gasteiger partial charge in [-0.1, -0.05) is 23.7 Å². The van der Waals surface area contributed by atoms with E-state index >= 15 is 0 Å². The summed E-state index contributed by atoms with van der Waals surface area (Å²) in [6, 6.07) is 14.4. The van der Waals surface area contributed by atoms with Gasteiger partial charge in [-0.15, -0.1) is 11.3 Å². The first kappa shape index (κ1) is 17.2. The SMILES string of the molecule is Cn1c(CN2CCC(c3nc4cc(Cl)ccc4s3)CC2)nc2ccccc21. The van der Waals surface area contributed by atoms with Crippen molar-refractivity contribution < 1.29 is 0 Å². The van der Waals surface area contributed by atoms with E-state index in [2.05, 4.69) is 46.8 Å². The molecule has 0 bridgehead atoms. The maximum atomic E-state index is 6.10. The molecule has 5 rings (SSSR count). The third-order valence-corrected chi connectivity index (χ3v) is 6.98. The molecule has 27 heavy (non-hydrogen) atoms. The molecule has 1 fully saturated rings. The van der Waals surface area contributed by atoms with Crippen molar-refractivity contribution in [2.24, 2.45) is 7.05 Å². The third kappa shape index (κ3) is 3.24. The fourth-order valence-corrected chi connectivity index (χ4v) is 5.25. The number of benzene rings is 2. The summed E-state index contributed by atoms with van der Waals surface area (Å²) in [5.74, 6) is 1.70. The second kappa shape index (κ2) is 6.89. The maximum absolute atomic E-state index is 6.10. The van der Waals surface area contributed by atoms with Crippen LogP contribution in [0.4, 0.5) is 0 Å². The van der Waals surface area contributed by atoms with Gasteiger partial charge in [0.05, 0.1) is 32.8 Å². The van der Waals surface area contributed by atoms with Crippen molar-refractivity contribution in [2.75, 3.05) is 13.1 Å².